The number of aryl methyl sites for hydroxylation is 1. The molecule has 3 heteroatoms. The zero-order chi connectivity index (χ0) is 11.3. The Kier molecular flexibility index (Phi) is 4.37. The molecule has 0 aromatic heterocycles. The third kappa shape index (κ3) is 4.17. The van der Waals surface area contributed by atoms with Gasteiger partial charge in [0.2, 0.25) is 0 Å². The molecule has 1 aromatic rings. The molecule has 0 heterocycles. The maximum atomic E-state index is 10.5. The highest BCUT2D eigenvalue weighted by Crippen LogP contribution is 2.11. The molecular weight excluding hydrogens is 212 g/mol. The first-order valence-electron chi connectivity index (χ1n) is 4.74. The van der Waals surface area contributed by atoms with Gasteiger partial charge in [0, 0.05) is 10.6 Å². The van der Waals surface area contributed by atoms with E-state index in [1.807, 2.05) is 24.3 Å². The Labute approximate surface area is 94.2 Å². The second-order valence-electron chi connectivity index (χ2n) is 3.36. The molecule has 0 atom stereocenters. The van der Waals surface area contributed by atoms with Crippen molar-refractivity contribution in [2.45, 2.75) is 19.8 Å². The second kappa shape index (κ2) is 5.56. The van der Waals surface area contributed by atoms with Gasteiger partial charge in [-0.05, 0) is 37.5 Å². The number of halogens is 1. The maximum Gasteiger partial charge on any atom is 0.330 e. The van der Waals surface area contributed by atoms with Crippen molar-refractivity contribution in [3.05, 3.63) is 46.5 Å². The van der Waals surface area contributed by atoms with E-state index in [2.05, 4.69) is 0 Å². The van der Waals surface area contributed by atoms with Gasteiger partial charge in [0.05, 0.1) is 0 Å². The SMILES string of the molecule is C/C(=C\CCc1ccc(Cl)cc1)C(=O)O. The summed E-state index contributed by atoms with van der Waals surface area (Å²) in [5.74, 6) is -0.855. The van der Waals surface area contributed by atoms with Gasteiger partial charge >= 0.3 is 5.97 Å². The molecule has 0 aliphatic heterocycles. The molecule has 0 spiro atoms. The lowest BCUT2D eigenvalue weighted by atomic mass is 10.1. The number of aliphatic carboxylic acids is 1. The highest BCUT2D eigenvalue weighted by atomic mass is 35.5. The van der Waals surface area contributed by atoms with E-state index in [4.69, 9.17) is 16.7 Å². The summed E-state index contributed by atoms with van der Waals surface area (Å²) in [6.45, 7) is 1.60. The molecule has 1 N–H and O–H groups in total. The number of allylic oxidation sites excluding steroid dienone is 1. The normalized spacial score (nSPS) is 11.5. The molecule has 2 nitrogen and oxygen atoms in total. The van der Waals surface area contributed by atoms with Gasteiger partial charge in [0.15, 0.2) is 0 Å². The van der Waals surface area contributed by atoms with E-state index >= 15 is 0 Å². The molecule has 0 saturated heterocycles. The minimum atomic E-state index is -0.855. The van der Waals surface area contributed by atoms with Crippen molar-refractivity contribution in [1.82, 2.24) is 0 Å². The largest absolute Gasteiger partial charge is 0.478 e. The van der Waals surface area contributed by atoms with E-state index in [-0.39, 0.29) is 0 Å². The molecule has 0 aliphatic carbocycles. The minimum absolute atomic E-state index is 0.393. The Bertz CT molecular complexity index is 366. The fourth-order valence-electron chi connectivity index (χ4n) is 1.19. The average molecular weight is 225 g/mol. The number of benzene rings is 1. The van der Waals surface area contributed by atoms with E-state index in [9.17, 15) is 4.79 Å². The molecule has 0 fully saturated rings. The van der Waals surface area contributed by atoms with Crippen molar-refractivity contribution in [2.75, 3.05) is 0 Å². The molecule has 0 saturated carbocycles. The van der Waals surface area contributed by atoms with Gasteiger partial charge in [-0.3, -0.25) is 0 Å². The first kappa shape index (κ1) is 11.8. The molecule has 0 bridgehead atoms. The van der Waals surface area contributed by atoms with Crippen molar-refractivity contribution >= 4 is 17.6 Å². The summed E-state index contributed by atoms with van der Waals surface area (Å²) in [5.41, 5.74) is 1.55. The summed E-state index contributed by atoms with van der Waals surface area (Å²) in [7, 11) is 0. The van der Waals surface area contributed by atoms with Crippen LogP contribution in [0, 0.1) is 0 Å². The maximum absolute atomic E-state index is 10.5. The zero-order valence-electron chi connectivity index (χ0n) is 8.53. The summed E-state index contributed by atoms with van der Waals surface area (Å²) in [6, 6.07) is 7.58. The molecule has 1 rings (SSSR count). The summed E-state index contributed by atoms with van der Waals surface area (Å²) in [5, 5.41) is 9.35. The van der Waals surface area contributed by atoms with Crippen LogP contribution in [-0.2, 0) is 11.2 Å². The molecule has 0 amide bonds. The summed E-state index contributed by atoms with van der Waals surface area (Å²) in [4.78, 5) is 10.5. The zero-order valence-corrected chi connectivity index (χ0v) is 9.29. The fraction of sp³-hybridized carbons (Fsp3) is 0.250. The average Bonchev–Trinajstić information content (AvgIpc) is 2.20. The molecule has 80 valence electrons. The number of hydrogen-bond acceptors (Lipinski definition) is 1. The van der Waals surface area contributed by atoms with Crippen LogP contribution in [-0.4, -0.2) is 11.1 Å². The van der Waals surface area contributed by atoms with Gasteiger partial charge in [-0.2, -0.15) is 0 Å². The van der Waals surface area contributed by atoms with Crippen molar-refractivity contribution in [3.8, 4) is 0 Å². The Balaban J connectivity index is 2.48. The van der Waals surface area contributed by atoms with Crippen LogP contribution in [0.25, 0.3) is 0 Å². The molecule has 0 aliphatic rings. The second-order valence-corrected chi connectivity index (χ2v) is 3.79. The number of hydrogen-bond donors (Lipinski definition) is 1. The van der Waals surface area contributed by atoms with Crippen LogP contribution in [0.2, 0.25) is 5.02 Å². The summed E-state index contributed by atoms with van der Waals surface area (Å²) >= 11 is 5.75. The number of carboxylic acids is 1. The highest BCUT2D eigenvalue weighted by Gasteiger charge is 1.98. The third-order valence-corrected chi connectivity index (χ3v) is 2.39. The Morgan fingerprint density at radius 3 is 2.53 bits per heavy atom. The standard InChI is InChI=1S/C12H13ClO2/c1-9(12(14)15)3-2-4-10-5-7-11(13)8-6-10/h3,5-8H,2,4H2,1H3,(H,14,15)/b9-3+. The quantitative estimate of drug-likeness (QED) is 0.797. The van der Waals surface area contributed by atoms with Gasteiger partial charge in [-0.1, -0.05) is 29.8 Å². The van der Waals surface area contributed by atoms with Crippen LogP contribution in [0.5, 0.6) is 0 Å². The Morgan fingerprint density at radius 1 is 1.40 bits per heavy atom. The van der Waals surface area contributed by atoms with Gasteiger partial charge in [0.25, 0.3) is 0 Å². The first-order valence-corrected chi connectivity index (χ1v) is 5.12. The number of carboxylic acid groups (broad SMARTS) is 1. The van der Waals surface area contributed by atoms with E-state index in [1.54, 1.807) is 13.0 Å². The van der Waals surface area contributed by atoms with Crippen molar-refractivity contribution < 1.29 is 9.90 Å². The van der Waals surface area contributed by atoms with Crippen LogP contribution in [0.1, 0.15) is 18.9 Å². The van der Waals surface area contributed by atoms with Crippen LogP contribution in [0.4, 0.5) is 0 Å². The fourth-order valence-corrected chi connectivity index (χ4v) is 1.32. The smallest absolute Gasteiger partial charge is 0.330 e. The highest BCUT2D eigenvalue weighted by molar-refractivity contribution is 6.30. The summed E-state index contributed by atoms with van der Waals surface area (Å²) in [6.07, 6.45) is 3.30. The number of carbonyl (C=O) groups is 1. The van der Waals surface area contributed by atoms with E-state index in [1.165, 1.54) is 0 Å². The van der Waals surface area contributed by atoms with E-state index in [0.29, 0.717) is 5.57 Å². The lowest BCUT2D eigenvalue weighted by Gasteiger charge is -1.98. The topological polar surface area (TPSA) is 37.3 Å². The van der Waals surface area contributed by atoms with Crippen LogP contribution < -0.4 is 0 Å². The van der Waals surface area contributed by atoms with E-state index in [0.717, 1.165) is 23.4 Å². The van der Waals surface area contributed by atoms with Crippen LogP contribution >= 0.6 is 11.6 Å². The van der Waals surface area contributed by atoms with Gasteiger partial charge in [-0.15, -0.1) is 0 Å². The van der Waals surface area contributed by atoms with Gasteiger partial charge in [-0.25, -0.2) is 4.79 Å². The molecular formula is C12H13ClO2. The Hall–Kier alpha value is -1.28. The molecule has 0 radical (unpaired) electrons. The predicted molar refractivity (Wildman–Crippen MR) is 61.2 cm³/mol. The Morgan fingerprint density at radius 2 is 2.00 bits per heavy atom. The van der Waals surface area contributed by atoms with Gasteiger partial charge < -0.3 is 5.11 Å². The van der Waals surface area contributed by atoms with Crippen molar-refractivity contribution in [3.63, 3.8) is 0 Å². The summed E-state index contributed by atoms with van der Waals surface area (Å²) < 4.78 is 0. The number of rotatable bonds is 4. The molecule has 15 heavy (non-hydrogen) atoms. The van der Waals surface area contributed by atoms with Crippen LogP contribution in [0.3, 0.4) is 0 Å². The monoisotopic (exact) mass is 224 g/mol. The minimum Gasteiger partial charge on any atom is -0.478 e. The molecule has 1 aromatic carbocycles. The van der Waals surface area contributed by atoms with Crippen molar-refractivity contribution in [2.24, 2.45) is 0 Å². The lowest BCUT2D eigenvalue weighted by molar-refractivity contribution is -0.132. The third-order valence-electron chi connectivity index (χ3n) is 2.13. The lowest BCUT2D eigenvalue weighted by Crippen LogP contribution is -1.96. The molecule has 0 unspecified atom stereocenters. The van der Waals surface area contributed by atoms with Gasteiger partial charge in [0.1, 0.15) is 0 Å². The van der Waals surface area contributed by atoms with Crippen LogP contribution in [0.15, 0.2) is 35.9 Å². The van der Waals surface area contributed by atoms with E-state index < -0.39 is 5.97 Å². The first-order chi connectivity index (χ1) is 7.09. The predicted octanol–water partition coefficient (Wildman–Crippen LogP) is 3.30. The van der Waals surface area contributed by atoms with Crippen molar-refractivity contribution in [1.29, 1.82) is 0 Å².